The fourth-order valence-electron chi connectivity index (χ4n) is 2.08. The van der Waals surface area contributed by atoms with Gasteiger partial charge in [-0.25, -0.2) is 8.42 Å². The maximum Gasteiger partial charge on any atom is 0.302 e. The second-order valence-corrected chi connectivity index (χ2v) is 6.95. The normalized spacial score (nSPS) is 20.1. The molecule has 0 saturated heterocycles. The Hall–Kier alpha value is -0.290. The van der Waals surface area contributed by atoms with Crippen molar-refractivity contribution in [1.82, 2.24) is 0 Å². The van der Waals surface area contributed by atoms with E-state index in [4.69, 9.17) is 15.4 Å². The van der Waals surface area contributed by atoms with Crippen LogP contribution in [0.25, 0.3) is 0 Å². The molecule has 1 fully saturated rings. The molecule has 1 saturated carbocycles. The Kier molecular flexibility index (Phi) is 4.00. The molecule has 0 aromatic carbocycles. The summed E-state index contributed by atoms with van der Waals surface area (Å²) in [6.45, 7) is 1.48. The van der Waals surface area contributed by atoms with Crippen LogP contribution in [0.1, 0.15) is 32.6 Å². The first-order valence-corrected chi connectivity index (χ1v) is 7.37. The topological polar surface area (TPSA) is 60.4 Å². The predicted molar refractivity (Wildman–Crippen MR) is 57.2 cm³/mol. The molecule has 1 rings (SSSR count). The van der Waals surface area contributed by atoms with E-state index in [1.165, 1.54) is 6.92 Å². The van der Waals surface area contributed by atoms with Crippen LogP contribution in [0.3, 0.4) is 0 Å². The van der Waals surface area contributed by atoms with Gasteiger partial charge in [0, 0.05) is 23.0 Å². The van der Waals surface area contributed by atoms with Gasteiger partial charge in [0.2, 0.25) is 9.05 Å². The molecule has 0 aliphatic heterocycles. The zero-order chi connectivity index (χ0) is 11.5. The molecule has 4 nitrogen and oxygen atoms in total. The van der Waals surface area contributed by atoms with Crippen molar-refractivity contribution in [2.45, 2.75) is 32.6 Å². The van der Waals surface area contributed by atoms with E-state index in [2.05, 4.69) is 0 Å². The van der Waals surface area contributed by atoms with E-state index in [9.17, 15) is 13.2 Å². The predicted octanol–water partition coefficient (Wildman–Crippen LogP) is 1.68. The second-order valence-electron chi connectivity index (χ2n) is 4.17. The van der Waals surface area contributed by atoms with Gasteiger partial charge in [0.15, 0.2) is 0 Å². The minimum absolute atomic E-state index is 0.102. The van der Waals surface area contributed by atoms with Crippen molar-refractivity contribution < 1.29 is 17.9 Å². The Bertz CT molecular complexity index is 330. The SMILES string of the molecule is CC(=O)OCC1(CS(=O)(=O)Cl)CCCC1. The van der Waals surface area contributed by atoms with Crippen LogP contribution < -0.4 is 0 Å². The first-order chi connectivity index (χ1) is 6.83. The van der Waals surface area contributed by atoms with Gasteiger partial charge in [-0.15, -0.1) is 0 Å². The van der Waals surface area contributed by atoms with Crippen LogP contribution in [0.15, 0.2) is 0 Å². The number of carbonyl (C=O) groups excluding carboxylic acids is 1. The van der Waals surface area contributed by atoms with E-state index in [-0.39, 0.29) is 18.3 Å². The molecule has 0 radical (unpaired) electrons. The Morgan fingerprint density at radius 1 is 1.40 bits per heavy atom. The Labute approximate surface area is 94.4 Å². The average Bonchev–Trinajstić information content (AvgIpc) is 2.47. The molecule has 0 aromatic heterocycles. The molecule has 6 heteroatoms. The van der Waals surface area contributed by atoms with Crippen molar-refractivity contribution in [3.05, 3.63) is 0 Å². The summed E-state index contributed by atoms with van der Waals surface area (Å²) in [5, 5.41) is 0. The van der Waals surface area contributed by atoms with Crippen molar-refractivity contribution >= 4 is 25.7 Å². The first-order valence-electron chi connectivity index (χ1n) is 4.89. The summed E-state index contributed by atoms with van der Waals surface area (Å²) in [6.07, 6.45) is 3.44. The summed E-state index contributed by atoms with van der Waals surface area (Å²) in [6, 6.07) is 0. The fourth-order valence-corrected chi connectivity index (χ4v) is 3.87. The summed E-state index contributed by atoms with van der Waals surface area (Å²) in [4.78, 5) is 10.7. The van der Waals surface area contributed by atoms with Crippen molar-refractivity contribution in [3.8, 4) is 0 Å². The number of rotatable bonds is 4. The van der Waals surface area contributed by atoms with Crippen LogP contribution in [-0.4, -0.2) is 26.7 Å². The Balaban J connectivity index is 2.66. The molecule has 0 bridgehead atoms. The number of ether oxygens (including phenoxy) is 1. The highest BCUT2D eigenvalue weighted by molar-refractivity contribution is 8.13. The van der Waals surface area contributed by atoms with Gasteiger partial charge < -0.3 is 4.74 Å². The molecule has 0 N–H and O–H groups in total. The maximum atomic E-state index is 11.1. The Morgan fingerprint density at radius 2 is 1.93 bits per heavy atom. The van der Waals surface area contributed by atoms with Gasteiger partial charge in [0.05, 0.1) is 12.4 Å². The molecule has 0 unspecified atom stereocenters. The smallest absolute Gasteiger partial charge is 0.302 e. The molecule has 1 aliphatic rings. The molecule has 15 heavy (non-hydrogen) atoms. The highest BCUT2D eigenvalue weighted by Gasteiger charge is 2.38. The third-order valence-corrected chi connectivity index (χ3v) is 4.01. The van der Waals surface area contributed by atoms with E-state index in [1.54, 1.807) is 0 Å². The lowest BCUT2D eigenvalue weighted by molar-refractivity contribution is -0.144. The molecule has 88 valence electrons. The average molecular weight is 255 g/mol. The van der Waals surface area contributed by atoms with Crippen LogP contribution in [0.5, 0.6) is 0 Å². The molecular formula is C9H15ClO4S. The minimum Gasteiger partial charge on any atom is -0.465 e. The lowest BCUT2D eigenvalue weighted by Crippen LogP contribution is -2.31. The summed E-state index contributed by atoms with van der Waals surface area (Å²) in [5.74, 6) is -0.484. The number of hydrogen-bond acceptors (Lipinski definition) is 4. The second kappa shape index (κ2) is 4.70. The molecular weight excluding hydrogens is 240 g/mol. The summed E-state index contributed by atoms with van der Waals surface area (Å²) < 4.78 is 27.0. The summed E-state index contributed by atoms with van der Waals surface area (Å²) in [5.41, 5.74) is -0.452. The third kappa shape index (κ3) is 4.38. The van der Waals surface area contributed by atoms with Crippen molar-refractivity contribution in [3.63, 3.8) is 0 Å². The zero-order valence-electron chi connectivity index (χ0n) is 8.66. The van der Waals surface area contributed by atoms with Gasteiger partial charge in [0.25, 0.3) is 0 Å². The number of hydrogen-bond donors (Lipinski definition) is 0. The van der Waals surface area contributed by atoms with E-state index >= 15 is 0 Å². The van der Waals surface area contributed by atoms with Gasteiger partial charge in [-0.05, 0) is 12.8 Å². The van der Waals surface area contributed by atoms with Gasteiger partial charge in [-0.1, -0.05) is 12.8 Å². The van der Waals surface area contributed by atoms with E-state index in [0.717, 1.165) is 25.7 Å². The maximum absolute atomic E-state index is 11.1. The number of esters is 1. The quantitative estimate of drug-likeness (QED) is 0.566. The largest absolute Gasteiger partial charge is 0.465 e. The Morgan fingerprint density at radius 3 is 2.33 bits per heavy atom. The van der Waals surface area contributed by atoms with Crippen molar-refractivity contribution in [2.75, 3.05) is 12.4 Å². The monoisotopic (exact) mass is 254 g/mol. The molecule has 0 heterocycles. The fraction of sp³-hybridized carbons (Fsp3) is 0.889. The number of carbonyl (C=O) groups is 1. The molecule has 0 spiro atoms. The molecule has 0 aromatic rings. The highest BCUT2D eigenvalue weighted by Crippen LogP contribution is 2.40. The number of halogens is 1. The van der Waals surface area contributed by atoms with Crippen LogP contribution in [-0.2, 0) is 18.6 Å². The van der Waals surface area contributed by atoms with Crippen molar-refractivity contribution in [1.29, 1.82) is 0 Å². The molecule has 0 atom stereocenters. The van der Waals surface area contributed by atoms with Crippen LogP contribution in [0, 0.1) is 5.41 Å². The van der Waals surface area contributed by atoms with E-state index < -0.39 is 14.5 Å². The van der Waals surface area contributed by atoms with Crippen LogP contribution in [0.2, 0.25) is 0 Å². The van der Waals surface area contributed by atoms with Crippen LogP contribution >= 0.6 is 10.7 Å². The lowest BCUT2D eigenvalue weighted by atomic mass is 9.90. The molecule has 0 amide bonds. The van der Waals surface area contributed by atoms with Gasteiger partial charge >= 0.3 is 5.97 Å². The first kappa shape index (κ1) is 12.8. The summed E-state index contributed by atoms with van der Waals surface area (Å²) in [7, 11) is 1.72. The van der Waals surface area contributed by atoms with Crippen molar-refractivity contribution in [2.24, 2.45) is 5.41 Å². The molecule has 1 aliphatic carbocycles. The van der Waals surface area contributed by atoms with Gasteiger partial charge in [-0.2, -0.15) is 0 Å². The lowest BCUT2D eigenvalue weighted by Gasteiger charge is -2.26. The third-order valence-electron chi connectivity index (χ3n) is 2.72. The zero-order valence-corrected chi connectivity index (χ0v) is 10.2. The highest BCUT2D eigenvalue weighted by atomic mass is 35.7. The minimum atomic E-state index is -3.53. The van der Waals surface area contributed by atoms with Crippen LogP contribution in [0.4, 0.5) is 0 Å². The summed E-state index contributed by atoms with van der Waals surface area (Å²) >= 11 is 0. The van der Waals surface area contributed by atoms with Gasteiger partial charge in [0.1, 0.15) is 0 Å². The standard InChI is InChI=1S/C9H15ClO4S/c1-8(11)14-6-9(4-2-3-5-9)7-15(10,12)13/h2-7H2,1H3. The van der Waals surface area contributed by atoms with E-state index in [0.29, 0.717) is 0 Å². The van der Waals surface area contributed by atoms with E-state index in [1.807, 2.05) is 0 Å². The van der Waals surface area contributed by atoms with Gasteiger partial charge in [-0.3, -0.25) is 4.79 Å².